The van der Waals surface area contributed by atoms with Crippen LogP contribution < -0.4 is 10.1 Å². The SMILES string of the molecule is Cc1nc(CC(=O)NCC2Cc3cccc(-c4cncnc4)c3O2)cs1. The fraction of sp³-hybridized carbons (Fsp3) is 0.263. The van der Waals surface area contributed by atoms with Gasteiger partial charge in [-0.2, -0.15) is 0 Å². The maximum Gasteiger partial charge on any atom is 0.226 e. The lowest BCUT2D eigenvalue weighted by atomic mass is 10.0. The number of nitrogens with zero attached hydrogens (tertiary/aromatic N) is 3. The van der Waals surface area contributed by atoms with Gasteiger partial charge in [0.2, 0.25) is 5.91 Å². The molecule has 0 saturated heterocycles. The van der Waals surface area contributed by atoms with Gasteiger partial charge in [-0.15, -0.1) is 11.3 Å². The van der Waals surface area contributed by atoms with Crippen molar-refractivity contribution in [3.63, 3.8) is 0 Å². The minimum atomic E-state index is -0.0723. The number of aryl methyl sites for hydroxylation is 1. The van der Waals surface area contributed by atoms with Gasteiger partial charge in [-0.1, -0.05) is 18.2 Å². The van der Waals surface area contributed by atoms with Gasteiger partial charge in [-0.05, 0) is 12.5 Å². The van der Waals surface area contributed by atoms with E-state index in [9.17, 15) is 4.79 Å². The molecule has 1 atom stereocenters. The molecule has 26 heavy (non-hydrogen) atoms. The van der Waals surface area contributed by atoms with E-state index in [0.717, 1.165) is 39.6 Å². The summed E-state index contributed by atoms with van der Waals surface area (Å²) in [6.07, 6.45) is 6.06. The van der Waals surface area contributed by atoms with Crippen LogP contribution in [0.1, 0.15) is 16.3 Å². The van der Waals surface area contributed by atoms with Crippen LogP contribution in [-0.4, -0.2) is 33.5 Å². The molecule has 0 saturated carbocycles. The Morgan fingerprint density at radius 1 is 1.35 bits per heavy atom. The van der Waals surface area contributed by atoms with Crippen molar-refractivity contribution in [2.75, 3.05) is 6.54 Å². The standard InChI is InChI=1S/C19H18N4O2S/c1-12-23-15(10-26-12)6-18(24)22-9-16-5-13-3-2-4-17(19(13)25-16)14-7-20-11-21-8-14/h2-4,7-8,10-11,16H,5-6,9H2,1H3,(H,22,24). The third-order valence-corrected chi connectivity index (χ3v) is 5.06. The molecule has 7 heteroatoms. The van der Waals surface area contributed by atoms with Gasteiger partial charge < -0.3 is 10.1 Å². The average molecular weight is 366 g/mol. The lowest BCUT2D eigenvalue weighted by Crippen LogP contribution is -2.35. The first-order valence-electron chi connectivity index (χ1n) is 8.40. The molecule has 0 bridgehead atoms. The molecule has 2 aromatic heterocycles. The fourth-order valence-corrected chi connectivity index (χ4v) is 3.67. The first-order chi connectivity index (χ1) is 12.7. The van der Waals surface area contributed by atoms with Gasteiger partial charge in [0.1, 0.15) is 18.2 Å². The summed E-state index contributed by atoms with van der Waals surface area (Å²) in [5, 5.41) is 5.85. The molecule has 1 amide bonds. The Labute approximate surface area is 155 Å². The smallest absolute Gasteiger partial charge is 0.226 e. The molecule has 0 spiro atoms. The number of para-hydroxylation sites is 1. The van der Waals surface area contributed by atoms with Crippen molar-refractivity contribution in [2.24, 2.45) is 0 Å². The van der Waals surface area contributed by atoms with Crippen LogP contribution in [0.5, 0.6) is 5.75 Å². The van der Waals surface area contributed by atoms with E-state index in [4.69, 9.17) is 4.74 Å². The Bertz CT molecular complexity index is 926. The molecule has 0 fully saturated rings. The number of rotatable bonds is 5. The molecule has 1 aliphatic heterocycles. The van der Waals surface area contributed by atoms with Crippen LogP contribution >= 0.6 is 11.3 Å². The van der Waals surface area contributed by atoms with Gasteiger partial charge in [0, 0.05) is 35.3 Å². The number of hydrogen-bond acceptors (Lipinski definition) is 6. The predicted molar refractivity (Wildman–Crippen MR) is 99.2 cm³/mol. The van der Waals surface area contributed by atoms with Crippen LogP contribution in [0, 0.1) is 6.92 Å². The number of thiazole rings is 1. The van der Waals surface area contributed by atoms with Crippen molar-refractivity contribution >= 4 is 17.2 Å². The number of ether oxygens (including phenoxy) is 1. The third-order valence-electron chi connectivity index (χ3n) is 4.24. The molecule has 132 valence electrons. The molecule has 1 aromatic carbocycles. The summed E-state index contributed by atoms with van der Waals surface area (Å²) in [5.74, 6) is 0.822. The second-order valence-electron chi connectivity index (χ2n) is 6.20. The monoisotopic (exact) mass is 366 g/mol. The zero-order valence-electron chi connectivity index (χ0n) is 14.3. The van der Waals surface area contributed by atoms with E-state index in [-0.39, 0.29) is 12.0 Å². The van der Waals surface area contributed by atoms with Crippen LogP contribution in [0.2, 0.25) is 0 Å². The third kappa shape index (κ3) is 3.57. The summed E-state index contributed by atoms with van der Waals surface area (Å²) in [7, 11) is 0. The second-order valence-corrected chi connectivity index (χ2v) is 7.27. The highest BCUT2D eigenvalue weighted by molar-refractivity contribution is 7.09. The first kappa shape index (κ1) is 16.7. The zero-order valence-corrected chi connectivity index (χ0v) is 15.1. The van der Waals surface area contributed by atoms with E-state index in [1.54, 1.807) is 23.7 Å². The Balaban J connectivity index is 1.39. The molecule has 1 N–H and O–H groups in total. The zero-order chi connectivity index (χ0) is 17.9. The van der Waals surface area contributed by atoms with Crippen molar-refractivity contribution in [1.82, 2.24) is 20.3 Å². The van der Waals surface area contributed by atoms with Crippen LogP contribution in [0.15, 0.2) is 42.3 Å². The summed E-state index contributed by atoms with van der Waals surface area (Å²) in [4.78, 5) is 24.6. The van der Waals surface area contributed by atoms with Gasteiger partial charge >= 0.3 is 0 Å². The second kappa shape index (κ2) is 7.21. The molecule has 1 aliphatic rings. The average Bonchev–Trinajstić information content (AvgIpc) is 3.26. The molecule has 4 rings (SSSR count). The highest BCUT2D eigenvalue weighted by Gasteiger charge is 2.26. The largest absolute Gasteiger partial charge is 0.487 e. The number of amides is 1. The van der Waals surface area contributed by atoms with Crippen LogP contribution in [0.3, 0.4) is 0 Å². The van der Waals surface area contributed by atoms with Gasteiger partial charge in [0.05, 0.1) is 23.7 Å². The molecule has 6 nitrogen and oxygen atoms in total. The van der Waals surface area contributed by atoms with Gasteiger partial charge in [-0.3, -0.25) is 4.79 Å². The summed E-state index contributed by atoms with van der Waals surface area (Å²) < 4.78 is 6.11. The normalized spacial score (nSPS) is 15.3. The van der Waals surface area contributed by atoms with E-state index in [2.05, 4.69) is 26.3 Å². The van der Waals surface area contributed by atoms with E-state index in [1.807, 2.05) is 24.4 Å². The van der Waals surface area contributed by atoms with Crippen LogP contribution in [0.25, 0.3) is 11.1 Å². The summed E-state index contributed by atoms with van der Waals surface area (Å²) in [5.41, 5.74) is 3.86. The molecule has 1 unspecified atom stereocenters. The van der Waals surface area contributed by atoms with Crippen molar-refractivity contribution in [2.45, 2.75) is 25.9 Å². The number of nitrogens with one attached hydrogen (secondary N) is 1. The fourth-order valence-electron chi connectivity index (χ4n) is 3.06. The van der Waals surface area contributed by atoms with E-state index in [1.165, 1.54) is 6.33 Å². The van der Waals surface area contributed by atoms with Crippen LogP contribution in [0.4, 0.5) is 0 Å². The number of carbonyl (C=O) groups is 1. The van der Waals surface area contributed by atoms with Crippen molar-refractivity contribution in [1.29, 1.82) is 0 Å². The summed E-state index contributed by atoms with van der Waals surface area (Å²) in [6.45, 7) is 2.41. The minimum absolute atomic E-state index is 0.0356. The summed E-state index contributed by atoms with van der Waals surface area (Å²) >= 11 is 1.55. The van der Waals surface area contributed by atoms with Crippen LogP contribution in [-0.2, 0) is 17.6 Å². The maximum absolute atomic E-state index is 12.1. The highest BCUT2D eigenvalue weighted by Crippen LogP contribution is 2.38. The Kier molecular flexibility index (Phi) is 4.62. The van der Waals surface area contributed by atoms with E-state index < -0.39 is 0 Å². The number of carbonyl (C=O) groups excluding carboxylic acids is 1. The topological polar surface area (TPSA) is 77.0 Å². The number of benzene rings is 1. The Hall–Kier alpha value is -2.80. The van der Waals surface area contributed by atoms with Crippen molar-refractivity contribution in [3.8, 4) is 16.9 Å². The number of fused-ring (bicyclic) bond motifs is 1. The number of aromatic nitrogens is 3. The van der Waals surface area contributed by atoms with E-state index >= 15 is 0 Å². The Morgan fingerprint density at radius 2 is 2.19 bits per heavy atom. The van der Waals surface area contributed by atoms with Crippen molar-refractivity contribution < 1.29 is 9.53 Å². The van der Waals surface area contributed by atoms with Gasteiger partial charge in [0.25, 0.3) is 0 Å². The van der Waals surface area contributed by atoms with Gasteiger partial charge in [-0.25, -0.2) is 15.0 Å². The summed E-state index contributed by atoms with van der Waals surface area (Å²) in [6, 6.07) is 6.07. The van der Waals surface area contributed by atoms with Crippen molar-refractivity contribution in [3.05, 3.63) is 58.6 Å². The predicted octanol–water partition coefficient (Wildman–Crippen LogP) is 2.57. The lowest BCUT2D eigenvalue weighted by Gasteiger charge is -2.13. The molecule has 0 radical (unpaired) electrons. The molecular weight excluding hydrogens is 348 g/mol. The molecular formula is C19H18N4O2S. The highest BCUT2D eigenvalue weighted by atomic mass is 32.1. The maximum atomic E-state index is 12.1. The van der Waals surface area contributed by atoms with Gasteiger partial charge in [0.15, 0.2) is 0 Å². The Morgan fingerprint density at radius 3 is 2.96 bits per heavy atom. The molecule has 3 aromatic rings. The quantitative estimate of drug-likeness (QED) is 0.751. The molecule has 0 aliphatic carbocycles. The molecule has 3 heterocycles. The lowest BCUT2D eigenvalue weighted by molar-refractivity contribution is -0.120. The first-order valence-corrected chi connectivity index (χ1v) is 9.28. The van der Waals surface area contributed by atoms with E-state index in [0.29, 0.717) is 13.0 Å². The minimum Gasteiger partial charge on any atom is -0.487 e. The number of hydrogen-bond donors (Lipinski definition) is 1.